The summed E-state index contributed by atoms with van der Waals surface area (Å²) < 4.78 is 0. The highest BCUT2D eigenvalue weighted by molar-refractivity contribution is 6.16. The van der Waals surface area contributed by atoms with Gasteiger partial charge in [-0.3, -0.25) is 4.79 Å². The number of rotatable bonds is 5. The SMILES string of the molecule is C/C=C(/CCC1C(C)CC(C)CC1C)C(=O)c1cccc2ccccc12. The van der Waals surface area contributed by atoms with E-state index in [4.69, 9.17) is 0 Å². The summed E-state index contributed by atoms with van der Waals surface area (Å²) in [6, 6.07) is 14.2. The van der Waals surface area contributed by atoms with Crippen LogP contribution in [0.1, 0.15) is 63.7 Å². The maximum Gasteiger partial charge on any atom is 0.189 e. The van der Waals surface area contributed by atoms with E-state index in [1.807, 2.05) is 37.3 Å². The Bertz CT molecular complexity index is 783. The Kier molecular flexibility index (Phi) is 5.96. The third-order valence-corrected chi connectivity index (χ3v) is 6.43. The summed E-state index contributed by atoms with van der Waals surface area (Å²) in [6.45, 7) is 9.19. The highest BCUT2D eigenvalue weighted by atomic mass is 16.1. The van der Waals surface area contributed by atoms with Crippen molar-refractivity contribution in [2.24, 2.45) is 23.7 Å². The summed E-state index contributed by atoms with van der Waals surface area (Å²) in [5.41, 5.74) is 1.81. The molecule has 1 aliphatic rings. The lowest BCUT2D eigenvalue weighted by molar-refractivity contribution is 0.101. The summed E-state index contributed by atoms with van der Waals surface area (Å²) in [5.74, 6) is 3.31. The summed E-state index contributed by atoms with van der Waals surface area (Å²) in [4.78, 5) is 13.2. The number of carbonyl (C=O) groups excluding carboxylic acids is 1. The van der Waals surface area contributed by atoms with Crippen LogP contribution in [-0.4, -0.2) is 5.78 Å². The predicted molar refractivity (Wildman–Crippen MR) is 111 cm³/mol. The monoisotopic (exact) mass is 348 g/mol. The molecule has 0 saturated heterocycles. The predicted octanol–water partition coefficient (Wildman–Crippen LogP) is 7.07. The van der Waals surface area contributed by atoms with Crippen LogP contribution in [0, 0.1) is 23.7 Å². The Labute approximate surface area is 158 Å². The molecule has 0 bridgehead atoms. The van der Waals surface area contributed by atoms with Gasteiger partial charge in [0.2, 0.25) is 0 Å². The summed E-state index contributed by atoms with van der Waals surface area (Å²) in [7, 11) is 0. The van der Waals surface area contributed by atoms with Gasteiger partial charge in [0.1, 0.15) is 0 Å². The average Bonchev–Trinajstić information content (AvgIpc) is 2.63. The zero-order chi connectivity index (χ0) is 18.7. The van der Waals surface area contributed by atoms with Gasteiger partial charge in [-0.1, -0.05) is 69.3 Å². The molecule has 0 spiro atoms. The third kappa shape index (κ3) is 3.92. The maximum atomic E-state index is 13.2. The fourth-order valence-electron chi connectivity index (χ4n) is 5.15. The minimum atomic E-state index is 0.203. The molecular weight excluding hydrogens is 316 g/mol. The van der Waals surface area contributed by atoms with Crippen molar-refractivity contribution in [3.05, 3.63) is 59.7 Å². The Hall–Kier alpha value is -1.89. The van der Waals surface area contributed by atoms with Gasteiger partial charge in [0.25, 0.3) is 0 Å². The van der Waals surface area contributed by atoms with Crippen LogP contribution in [0.3, 0.4) is 0 Å². The van der Waals surface area contributed by atoms with Crippen molar-refractivity contribution in [1.29, 1.82) is 0 Å². The first-order valence-electron chi connectivity index (χ1n) is 10.2. The van der Waals surface area contributed by atoms with Crippen LogP contribution in [-0.2, 0) is 0 Å². The molecule has 0 aromatic heterocycles. The lowest BCUT2D eigenvalue weighted by Crippen LogP contribution is -2.29. The van der Waals surface area contributed by atoms with E-state index >= 15 is 0 Å². The Balaban J connectivity index is 1.76. The molecule has 0 aliphatic heterocycles. The van der Waals surface area contributed by atoms with Gasteiger partial charge in [0, 0.05) is 5.56 Å². The number of fused-ring (bicyclic) bond motifs is 1. The summed E-state index contributed by atoms with van der Waals surface area (Å²) >= 11 is 0. The van der Waals surface area contributed by atoms with Crippen LogP contribution in [0.2, 0.25) is 0 Å². The van der Waals surface area contributed by atoms with Crippen LogP contribution in [0.25, 0.3) is 10.8 Å². The second kappa shape index (κ2) is 8.20. The van der Waals surface area contributed by atoms with E-state index < -0.39 is 0 Å². The molecule has 1 saturated carbocycles. The van der Waals surface area contributed by atoms with Gasteiger partial charge in [0.05, 0.1) is 0 Å². The molecule has 2 atom stereocenters. The Morgan fingerprint density at radius 1 is 1.00 bits per heavy atom. The third-order valence-electron chi connectivity index (χ3n) is 6.43. The van der Waals surface area contributed by atoms with E-state index in [2.05, 4.69) is 39.0 Å². The molecule has 2 aromatic carbocycles. The number of ketones is 1. The lowest BCUT2D eigenvalue weighted by atomic mass is 9.67. The first kappa shape index (κ1) is 18.9. The minimum absolute atomic E-state index is 0.203. The number of Topliss-reactive ketones (excluding diaryl/α,β-unsaturated/α-hetero) is 1. The van der Waals surface area contributed by atoms with E-state index in [-0.39, 0.29) is 5.78 Å². The van der Waals surface area contributed by atoms with Crippen molar-refractivity contribution in [3.63, 3.8) is 0 Å². The number of hydrogen-bond acceptors (Lipinski definition) is 1. The first-order valence-corrected chi connectivity index (χ1v) is 10.2. The highest BCUT2D eigenvalue weighted by Crippen LogP contribution is 2.40. The molecule has 1 nitrogen and oxygen atoms in total. The van der Waals surface area contributed by atoms with Gasteiger partial charge < -0.3 is 0 Å². The average molecular weight is 349 g/mol. The molecule has 138 valence electrons. The van der Waals surface area contributed by atoms with Crippen molar-refractivity contribution in [2.75, 3.05) is 0 Å². The summed E-state index contributed by atoms with van der Waals surface area (Å²) in [5, 5.41) is 2.20. The molecule has 1 fully saturated rings. The fourth-order valence-corrected chi connectivity index (χ4v) is 5.15. The molecule has 1 aliphatic carbocycles. The van der Waals surface area contributed by atoms with E-state index in [0.717, 1.165) is 58.4 Å². The fraction of sp³-hybridized carbons (Fsp3) is 0.480. The summed E-state index contributed by atoms with van der Waals surface area (Å²) in [6.07, 6.45) is 6.72. The van der Waals surface area contributed by atoms with Crippen molar-refractivity contribution in [1.82, 2.24) is 0 Å². The van der Waals surface area contributed by atoms with Gasteiger partial charge in [-0.25, -0.2) is 0 Å². The number of benzene rings is 2. The highest BCUT2D eigenvalue weighted by Gasteiger charge is 2.31. The zero-order valence-corrected chi connectivity index (χ0v) is 16.7. The largest absolute Gasteiger partial charge is 0.289 e. The van der Waals surface area contributed by atoms with Crippen LogP contribution in [0.4, 0.5) is 0 Å². The standard InChI is InChI=1S/C25H32O/c1-5-20(13-14-22-18(3)15-17(2)16-19(22)4)25(26)24-12-8-10-21-9-6-7-11-23(21)24/h5-12,17-19,22H,13-16H2,1-4H3/b20-5-. The normalized spacial score (nSPS) is 26.8. The van der Waals surface area contributed by atoms with Crippen molar-refractivity contribution in [2.45, 2.75) is 53.4 Å². The molecule has 1 heteroatoms. The molecule has 2 unspecified atom stereocenters. The molecular formula is C25H32O. The van der Waals surface area contributed by atoms with Gasteiger partial charge >= 0.3 is 0 Å². The molecule has 0 amide bonds. The van der Waals surface area contributed by atoms with Gasteiger partial charge in [0.15, 0.2) is 5.78 Å². The topological polar surface area (TPSA) is 17.1 Å². The van der Waals surface area contributed by atoms with Crippen LogP contribution >= 0.6 is 0 Å². The molecule has 26 heavy (non-hydrogen) atoms. The number of allylic oxidation sites excluding steroid dienone is 2. The Morgan fingerprint density at radius 2 is 1.65 bits per heavy atom. The van der Waals surface area contributed by atoms with Crippen molar-refractivity contribution >= 4 is 16.6 Å². The quantitative estimate of drug-likeness (QED) is 0.417. The molecule has 0 radical (unpaired) electrons. The molecule has 0 N–H and O–H groups in total. The molecule has 3 rings (SSSR count). The second-order valence-corrected chi connectivity index (χ2v) is 8.40. The van der Waals surface area contributed by atoms with Gasteiger partial charge in [-0.2, -0.15) is 0 Å². The van der Waals surface area contributed by atoms with Crippen molar-refractivity contribution < 1.29 is 4.79 Å². The minimum Gasteiger partial charge on any atom is -0.289 e. The zero-order valence-electron chi connectivity index (χ0n) is 16.7. The van der Waals surface area contributed by atoms with Gasteiger partial charge in [-0.05, 0) is 72.6 Å². The first-order chi connectivity index (χ1) is 12.5. The second-order valence-electron chi connectivity index (χ2n) is 8.40. The van der Waals surface area contributed by atoms with Gasteiger partial charge in [-0.15, -0.1) is 0 Å². The van der Waals surface area contributed by atoms with Crippen LogP contribution in [0.15, 0.2) is 54.1 Å². The van der Waals surface area contributed by atoms with E-state index in [1.54, 1.807) is 0 Å². The van der Waals surface area contributed by atoms with Crippen LogP contribution in [0.5, 0.6) is 0 Å². The Morgan fingerprint density at radius 3 is 2.35 bits per heavy atom. The molecule has 2 aromatic rings. The maximum absolute atomic E-state index is 13.2. The van der Waals surface area contributed by atoms with Crippen LogP contribution < -0.4 is 0 Å². The van der Waals surface area contributed by atoms with E-state index in [9.17, 15) is 4.79 Å². The molecule has 0 heterocycles. The van der Waals surface area contributed by atoms with E-state index in [0.29, 0.717) is 0 Å². The lowest BCUT2D eigenvalue weighted by Gasteiger charge is -2.38. The smallest absolute Gasteiger partial charge is 0.189 e. The van der Waals surface area contributed by atoms with Crippen molar-refractivity contribution in [3.8, 4) is 0 Å². The van der Waals surface area contributed by atoms with E-state index in [1.165, 1.54) is 12.8 Å². The number of carbonyl (C=O) groups is 1. The number of hydrogen-bond donors (Lipinski definition) is 0.